The van der Waals surface area contributed by atoms with Crippen molar-refractivity contribution in [2.75, 3.05) is 6.54 Å². The number of carbonyl (C=O) groups excluding carboxylic acids is 1. The minimum atomic E-state index is -0.167. The molecule has 116 valence electrons. The summed E-state index contributed by atoms with van der Waals surface area (Å²) in [7, 11) is 0. The van der Waals surface area contributed by atoms with Crippen LogP contribution in [0.2, 0.25) is 0 Å². The van der Waals surface area contributed by atoms with Crippen molar-refractivity contribution in [1.29, 1.82) is 0 Å². The topological polar surface area (TPSA) is 58.4 Å². The van der Waals surface area contributed by atoms with Gasteiger partial charge in [-0.2, -0.15) is 0 Å². The summed E-state index contributed by atoms with van der Waals surface area (Å²) in [6.45, 7) is 11.5. The Labute approximate surface area is 129 Å². The molecular formula is C15H24N4OS. The predicted octanol–water partition coefficient (Wildman–Crippen LogP) is 2.41. The number of rotatable bonds is 5. The maximum absolute atomic E-state index is 11.7. The number of hydrogen-bond acceptors (Lipinski definition) is 4. The van der Waals surface area contributed by atoms with Gasteiger partial charge >= 0.3 is 0 Å². The molecule has 0 saturated carbocycles. The van der Waals surface area contributed by atoms with E-state index in [1.165, 1.54) is 10.6 Å². The molecule has 0 fully saturated rings. The monoisotopic (exact) mass is 308 g/mol. The third-order valence-electron chi connectivity index (χ3n) is 3.08. The summed E-state index contributed by atoms with van der Waals surface area (Å²) in [5, 5.41) is 6.29. The highest BCUT2D eigenvalue weighted by Crippen LogP contribution is 2.20. The van der Waals surface area contributed by atoms with Gasteiger partial charge in [-0.15, -0.1) is 11.3 Å². The molecule has 0 aliphatic rings. The van der Waals surface area contributed by atoms with Crippen LogP contribution in [0.4, 0.5) is 0 Å². The molecule has 0 spiro atoms. The number of aryl methyl sites for hydroxylation is 2. The highest BCUT2D eigenvalue weighted by atomic mass is 32.1. The van der Waals surface area contributed by atoms with Crippen LogP contribution in [-0.4, -0.2) is 27.4 Å². The minimum absolute atomic E-state index is 0.0801. The number of amides is 1. The van der Waals surface area contributed by atoms with Crippen molar-refractivity contribution in [3.8, 4) is 0 Å². The molecule has 0 atom stereocenters. The van der Waals surface area contributed by atoms with E-state index in [4.69, 9.17) is 0 Å². The average molecular weight is 308 g/mol. The molecule has 0 aromatic carbocycles. The summed E-state index contributed by atoms with van der Waals surface area (Å²) in [5.41, 5.74) is 2.05. The summed E-state index contributed by atoms with van der Waals surface area (Å²) in [6.07, 6.45) is 2.60. The molecule has 6 heteroatoms. The van der Waals surface area contributed by atoms with Crippen molar-refractivity contribution in [1.82, 2.24) is 20.0 Å². The van der Waals surface area contributed by atoms with Crippen LogP contribution in [0, 0.1) is 13.8 Å². The van der Waals surface area contributed by atoms with Gasteiger partial charge in [0.15, 0.2) is 4.96 Å². The molecule has 2 rings (SSSR count). The van der Waals surface area contributed by atoms with Crippen LogP contribution < -0.4 is 10.6 Å². The first-order valence-corrected chi connectivity index (χ1v) is 8.03. The van der Waals surface area contributed by atoms with Crippen molar-refractivity contribution in [2.45, 2.75) is 53.1 Å². The molecule has 0 saturated heterocycles. The minimum Gasteiger partial charge on any atom is -0.351 e. The zero-order valence-corrected chi connectivity index (χ0v) is 14.2. The lowest BCUT2D eigenvalue weighted by atomic mass is 10.1. The van der Waals surface area contributed by atoms with Crippen molar-refractivity contribution in [3.63, 3.8) is 0 Å². The number of imidazole rings is 1. The number of aromatic nitrogens is 2. The van der Waals surface area contributed by atoms with E-state index in [0.29, 0.717) is 13.0 Å². The van der Waals surface area contributed by atoms with Gasteiger partial charge in [0.1, 0.15) is 0 Å². The van der Waals surface area contributed by atoms with Crippen molar-refractivity contribution >= 4 is 22.2 Å². The van der Waals surface area contributed by atoms with Crippen LogP contribution in [0.5, 0.6) is 0 Å². The van der Waals surface area contributed by atoms with Gasteiger partial charge in [0.25, 0.3) is 0 Å². The van der Waals surface area contributed by atoms with E-state index in [2.05, 4.69) is 33.1 Å². The lowest BCUT2D eigenvalue weighted by Gasteiger charge is -2.20. The van der Waals surface area contributed by atoms with Crippen LogP contribution in [0.15, 0.2) is 6.20 Å². The zero-order chi connectivity index (χ0) is 15.6. The first kappa shape index (κ1) is 16.0. The third-order valence-corrected chi connectivity index (χ3v) is 3.97. The van der Waals surface area contributed by atoms with Gasteiger partial charge in [0.2, 0.25) is 5.91 Å². The highest BCUT2D eigenvalue weighted by Gasteiger charge is 2.14. The SMILES string of the molecule is Cc1cn2c(CNCCC(=O)NC(C)(C)C)c(C)nc2s1. The zero-order valence-electron chi connectivity index (χ0n) is 13.4. The number of carbonyl (C=O) groups is 1. The van der Waals surface area contributed by atoms with Crippen LogP contribution in [0.3, 0.4) is 0 Å². The molecule has 0 bridgehead atoms. The highest BCUT2D eigenvalue weighted by molar-refractivity contribution is 7.17. The van der Waals surface area contributed by atoms with E-state index < -0.39 is 0 Å². The molecule has 0 aliphatic carbocycles. The van der Waals surface area contributed by atoms with E-state index in [1.54, 1.807) is 11.3 Å². The Balaban J connectivity index is 1.85. The Kier molecular flexibility index (Phi) is 4.68. The summed E-state index contributed by atoms with van der Waals surface area (Å²) in [4.78, 5) is 18.6. The second kappa shape index (κ2) is 6.15. The largest absolute Gasteiger partial charge is 0.351 e. The molecule has 2 aromatic heterocycles. The Morgan fingerprint density at radius 3 is 2.76 bits per heavy atom. The second-order valence-corrected chi connectivity index (χ2v) is 7.58. The smallest absolute Gasteiger partial charge is 0.221 e. The fourth-order valence-electron chi connectivity index (χ4n) is 2.21. The molecule has 1 amide bonds. The maximum atomic E-state index is 11.7. The van der Waals surface area contributed by atoms with Gasteiger partial charge in [0.05, 0.1) is 11.4 Å². The van der Waals surface area contributed by atoms with Crippen LogP contribution in [-0.2, 0) is 11.3 Å². The molecule has 2 aromatic rings. The lowest BCUT2D eigenvalue weighted by molar-refractivity contribution is -0.122. The van der Waals surface area contributed by atoms with Crippen molar-refractivity contribution < 1.29 is 4.79 Å². The van der Waals surface area contributed by atoms with Gasteiger partial charge in [0, 0.05) is 36.1 Å². The number of nitrogens with zero attached hydrogens (tertiary/aromatic N) is 2. The van der Waals surface area contributed by atoms with E-state index in [9.17, 15) is 4.79 Å². The number of hydrogen-bond donors (Lipinski definition) is 2. The third kappa shape index (κ3) is 4.28. The Morgan fingerprint density at radius 2 is 2.10 bits per heavy atom. The summed E-state index contributed by atoms with van der Waals surface area (Å²) >= 11 is 1.70. The average Bonchev–Trinajstić information content (AvgIpc) is 2.79. The summed E-state index contributed by atoms with van der Waals surface area (Å²) in [5.74, 6) is 0.0801. The summed E-state index contributed by atoms with van der Waals surface area (Å²) in [6, 6.07) is 0. The molecule has 2 N–H and O–H groups in total. The van der Waals surface area contributed by atoms with Gasteiger partial charge in [-0.1, -0.05) is 0 Å². The predicted molar refractivity (Wildman–Crippen MR) is 86.8 cm³/mol. The molecule has 0 radical (unpaired) electrons. The number of thiazole rings is 1. The molecule has 0 aliphatic heterocycles. The number of nitrogens with one attached hydrogen (secondary N) is 2. The standard InChI is InChI=1S/C15H24N4OS/c1-10-9-19-12(11(2)17-14(19)21-10)8-16-7-6-13(20)18-15(3,4)5/h9,16H,6-8H2,1-5H3,(H,18,20). The van der Waals surface area contributed by atoms with Gasteiger partial charge in [-0.25, -0.2) is 4.98 Å². The quantitative estimate of drug-likeness (QED) is 0.834. The molecule has 2 heterocycles. The first-order chi connectivity index (χ1) is 9.76. The first-order valence-electron chi connectivity index (χ1n) is 7.22. The van der Waals surface area contributed by atoms with E-state index in [-0.39, 0.29) is 11.4 Å². The van der Waals surface area contributed by atoms with Crippen LogP contribution >= 0.6 is 11.3 Å². The molecule has 21 heavy (non-hydrogen) atoms. The Morgan fingerprint density at radius 1 is 1.38 bits per heavy atom. The van der Waals surface area contributed by atoms with E-state index >= 15 is 0 Å². The van der Waals surface area contributed by atoms with Gasteiger partial charge in [-0.3, -0.25) is 9.20 Å². The maximum Gasteiger partial charge on any atom is 0.221 e. The van der Waals surface area contributed by atoms with Gasteiger partial charge < -0.3 is 10.6 Å². The van der Waals surface area contributed by atoms with Crippen molar-refractivity contribution in [2.24, 2.45) is 0 Å². The van der Waals surface area contributed by atoms with E-state index in [0.717, 1.165) is 17.2 Å². The van der Waals surface area contributed by atoms with Gasteiger partial charge in [-0.05, 0) is 34.6 Å². The number of fused-ring (bicyclic) bond motifs is 1. The Hall–Kier alpha value is -1.40. The Bertz CT molecular complexity index is 636. The normalized spacial score (nSPS) is 12.0. The molecular weight excluding hydrogens is 284 g/mol. The second-order valence-electron chi connectivity index (χ2n) is 6.36. The van der Waals surface area contributed by atoms with Crippen molar-refractivity contribution in [3.05, 3.63) is 22.5 Å². The van der Waals surface area contributed by atoms with E-state index in [1.807, 2.05) is 27.7 Å². The molecule has 0 unspecified atom stereocenters. The fourth-order valence-corrected chi connectivity index (χ4v) is 3.10. The van der Waals surface area contributed by atoms with Crippen LogP contribution in [0.1, 0.15) is 43.5 Å². The lowest BCUT2D eigenvalue weighted by Crippen LogP contribution is -2.41. The molecule has 5 nitrogen and oxygen atoms in total. The van der Waals surface area contributed by atoms with Crippen LogP contribution in [0.25, 0.3) is 4.96 Å². The summed E-state index contributed by atoms with van der Waals surface area (Å²) < 4.78 is 2.14. The fraction of sp³-hybridized carbons (Fsp3) is 0.600.